The molecule has 14 nitrogen and oxygen atoms in total. The number of nitrogens with zero attached hydrogens (tertiary/aromatic N) is 11. The number of aryl methyl sites for hydroxylation is 1. The van der Waals surface area contributed by atoms with Gasteiger partial charge in [0.25, 0.3) is 5.91 Å². The lowest BCUT2D eigenvalue weighted by Crippen LogP contribution is -2.66. The van der Waals surface area contributed by atoms with Gasteiger partial charge in [0, 0.05) is 56.4 Å². The van der Waals surface area contributed by atoms with Crippen LogP contribution in [0.1, 0.15) is 65.5 Å². The van der Waals surface area contributed by atoms with Crippen molar-refractivity contribution < 1.29 is 22.8 Å². The topological polar surface area (TPSA) is 154 Å². The number of allylic oxidation sites excluding steroid dienone is 2. The van der Waals surface area contributed by atoms with Crippen molar-refractivity contribution in [2.24, 2.45) is 5.92 Å². The number of amides is 2. The van der Waals surface area contributed by atoms with Crippen LogP contribution >= 0.6 is 0 Å². The third kappa shape index (κ3) is 7.31. The molecule has 0 spiro atoms. The molecule has 17 heteroatoms. The summed E-state index contributed by atoms with van der Waals surface area (Å²) in [6.07, 6.45) is 5.42. The van der Waals surface area contributed by atoms with Crippen molar-refractivity contribution in [3.63, 3.8) is 0 Å². The van der Waals surface area contributed by atoms with Crippen molar-refractivity contribution in [2.75, 3.05) is 45.6 Å². The molecule has 3 aromatic heterocycles. The maximum absolute atomic E-state index is 13.5. The third-order valence-electron chi connectivity index (χ3n) is 9.22. The van der Waals surface area contributed by atoms with E-state index in [2.05, 4.69) is 48.0 Å². The fourth-order valence-electron chi connectivity index (χ4n) is 6.53. The zero-order chi connectivity index (χ0) is 35.8. The van der Waals surface area contributed by atoms with Crippen LogP contribution in [0.15, 0.2) is 37.2 Å². The van der Waals surface area contributed by atoms with E-state index in [1.165, 1.54) is 6.07 Å². The Bertz CT molecular complexity index is 1840. The van der Waals surface area contributed by atoms with Gasteiger partial charge >= 0.3 is 6.18 Å². The van der Waals surface area contributed by atoms with E-state index < -0.39 is 23.4 Å². The van der Waals surface area contributed by atoms with Crippen molar-refractivity contribution in [3.8, 4) is 6.07 Å². The van der Waals surface area contributed by atoms with Gasteiger partial charge < -0.3 is 9.80 Å². The van der Waals surface area contributed by atoms with Crippen LogP contribution in [0.2, 0.25) is 0 Å². The maximum Gasteiger partial charge on any atom is 0.451 e. The molecule has 2 saturated heterocycles. The monoisotopic (exact) mass is 692 g/mol. The predicted molar refractivity (Wildman–Crippen MR) is 175 cm³/mol. The first-order valence-electron chi connectivity index (χ1n) is 16.4. The van der Waals surface area contributed by atoms with Crippen molar-refractivity contribution in [3.05, 3.63) is 65.8 Å². The largest absolute Gasteiger partial charge is 0.451 e. The normalized spacial score (nSPS) is 18.5. The van der Waals surface area contributed by atoms with Gasteiger partial charge in [-0.15, -0.1) is 5.10 Å². The summed E-state index contributed by atoms with van der Waals surface area (Å²) >= 11 is 0. The number of hydrogen-bond donors (Lipinski definition) is 1. The van der Waals surface area contributed by atoms with Crippen molar-refractivity contribution in [1.29, 1.82) is 5.26 Å². The number of nitriles is 1. The second-order valence-corrected chi connectivity index (χ2v) is 13.4. The van der Waals surface area contributed by atoms with Crippen molar-refractivity contribution in [1.82, 2.24) is 49.2 Å². The van der Waals surface area contributed by atoms with Crippen LogP contribution in [0.3, 0.4) is 0 Å². The zero-order valence-corrected chi connectivity index (χ0v) is 28.2. The summed E-state index contributed by atoms with van der Waals surface area (Å²) in [5.41, 5.74) is 0.672. The number of anilines is 1. The van der Waals surface area contributed by atoms with Gasteiger partial charge in [-0.05, 0) is 58.8 Å². The number of alkyl halides is 3. The van der Waals surface area contributed by atoms with Crippen LogP contribution in [0.25, 0.3) is 5.70 Å². The first-order valence-corrected chi connectivity index (χ1v) is 16.4. The Morgan fingerprint density at radius 3 is 2.50 bits per heavy atom. The third-order valence-corrected chi connectivity index (χ3v) is 9.22. The number of rotatable bonds is 11. The Kier molecular flexibility index (Phi) is 9.60. The van der Waals surface area contributed by atoms with E-state index in [9.17, 15) is 28.0 Å². The van der Waals surface area contributed by atoms with E-state index in [-0.39, 0.29) is 48.2 Å². The van der Waals surface area contributed by atoms with Crippen LogP contribution in [0.4, 0.5) is 19.1 Å². The summed E-state index contributed by atoms with van der Waals surface area (Å²) in [6.45, 7) is 7.62. The van der Waals surface area contributed by atoms with Crippen LogP contribution in [-0.4, -0.2) is 107 Å². The highest BCUT2D eigenvalue weighted by Crippen LogP contribution is 2.37. The lowest BCUT2D eigenvalue weighted by atomic mass is 9.83. The Labute approximate surface area is 287 Å². The quantitative estimate of drug-likeness (QED) is 0.296. The smallest absolute Gasteiger partial charge is 0.337 e. The van der Waals surface area contributed by atoms with Crippen molar-refractivity contribution >= 4 is 23.5 Å². The minimum Gasteiger partial charge on any atom is -0.337 e. The minimum absolute atomic E-state index is 0.0122. The number of aromatic nitrogens is 7. The molecular formula is C33H39F3N12O2. The number of halogens is 3. The molecule has 0 unspecified atom stereocenters. The predicted octanol–water partition coefficient (Wildman–Crippen LogP) is 3.31. The van der Waals surface area contributed by atoms with Gasteiger partial charge in [-0.3, -0.25) is 24.5 Å². The first kappa shape index (κ1) is 34.9. The van der Waals surface area contributed by atoms with E-state index >= 15 is 0 Å². The number of piperidine rings is 1. The molecule has 3 fully saturated rings. The van der Waals surface area contributed by atoms with Crippen LogP contribution in [0.5, 0.6) is 0 Å². The fraction of sp³-hybridized carbons (Fsp3) is 0.515. The molecule has 264 valence electrons. The number of carbonyl (C=O) groups excluding carboxylic acids is 2. The molecule has 2 amide bonds. The van der Waals surface area contributed by atoms with Crippen LogP contribution < -0.4 is 5.32 Å². The van der Waals surface area contributed by atoms with Gasteiger partial charge in [-0.2, -0.15) is 28.5 Å². The minimum atomic E-state index is -4.77. The number of hydrogen-bond acceptors (Lipinski definition) is 10. The summed E-state index contributed by atoms with van der Waals surface area (Å²) in [5.74, 6) is -1.16. The van der Waals surface area contributed by atoms with Gasteiger partial charge in [-0.1, -0.05) is 12.7 Å². The van der Waals surface area contributed by atoms with Crippen molar-refractivity contribution in [2.45, 2.75) is 63.3 Å². The van der Waals surface area contributed by atoms with E-state index in [0.717, 1.165) is 18.4 Å². The van der Waals surface area contributed by atoms with Gasteiger partial charge in [-0.25, -0.2) is 14.6 Å². The summed E-state index contributed by atoms with van der Waals surface area (Å²) in [4.78, 5) is 42.7. The molecule has 1 aliphatic carbocycles. The van der Waals surface area contributed by atoms with Crippen LogP contribution in [0, 0.1) is 24.2 Å². The molecule has 0 bridgehead atoms. The Balaban J connectivity index is 1.11. The van der Waals surface area contributed by atoms with E-state index in [1.54, 1.807) is 53.8 Å². The molecular weight excluding hydrogens is 653 g/mol. The fourth-order valence-corrected chi connectivity index (χ4v) is 6.53. The molecule has 6 rings (SSSR count). The highest BCUT2D eigenvalue weighted by atomic mass is 19.4. The maximum atomic E-state index is 13.5. The Morgan fingerprint density at radius 1 is 1.16 bits per heavy atom. The average Bonchev–Trinajstić information content (AvgIpc) is 3.69. The second kappa shape index (κ2) is 13.8. The first-order chi connectivity index (χ1) is 23.8. The average molecular weight is 693 g/mol. The zero-order valence-electron chi connectivity index (χ0n) is 28.2. The summed E-state index contributed by atoms with van der Waals surface area (Å²) in [7, 11) is 3.42. The molecule has 0 radical (unpaired) electrons. The molecule has 1 N–H and O–H groups in total. The molecule has 3 aromatic rings. The van der Waals surface area contributed by atoms with Gasteiger partial charge in [0.05, 0.1) is 30.1 Å². The summed E-state index contributed by atoms with van der Waals surface area (Å²) < 4.78 is 44.0. The van der Waals surface area contributed by atoms with Gasteiger partial charge in [0.2, 0.25) is 17.7 Å². The molecule has 3 aliphatic rings. The number of carbonyl (C=O) groups is 2. The van der Waals surface area contributed by atoms with Gasteiger partial charge in [0.15, 0.2) is 0 Å². The SMILES string of the molecule is C=C/C=C(/c1cnn(C2(CC#N)CN(C3CCN(C(=O)c4cc(CN(C)C)nc(C(F)(F)F)n4)CC3)C2)c1)n1nc(NC(=O)C2CC2)nc1C. The molecule has 0 aromatic carbocycles. The summed E-state index contributed by atoms with van der Waals surface area (Å²) in [6, 6.07) is 3.77. The number of nitrogens with one attached hydrogen (secondary N) is 1. The van der Waals surface area contributed by atoms with Gasteiger partial charge in [0.1, 0.15) is 17.1 Å². The lowest BCUT2D eigenvalue weighted by Gasteiger charge is -2.53. The molecule has 0 atom stereocenters. The van der Waals surface area contributed by atoms with E-state index in [0.29, 0.717) is 50.5 Å². The van der Waals surface area contributed by atoms with E-state index in [4.69, 9.17) is 0 Å². The molecule has 1 saturated carbocycles. The van der Waals surface area contributed by atoms with Crippen LogP contribution in [-0.2, 0) is 23.1 Å². The molecule has 50 heavy (non-hydrogen) atoms. The lowest BCUT2D eigenvalue weighted by molar-refractivity contribution is -0.145. The summed E-state index contributed by atoms with van der Waals surface area (Å²) in [5, 5.41) is 21.7. The number of likely N-dealkylation sites (tertiary alicyclic amines) is 2. The highest BCUT2D eigenvalue weighted by molar-refractivity contribution is 5.93. The second-order valence-electron chi connectivity index (χ2n) is 13.4. The molecule has 5 heterocycles. The highest BCUT2D eigenvalue weighted by Gasteiger charge is 2.48. The van der Waals surface area contributed by atoms with E-state index in [1.807, 2.05) is 10.9 Å². The molecule has 2 aliphatic heterocycles. The Hall–Kier alpha value is -4.95. The standard InChI is InChI=1S/C33H39F3N12O2/c1-5-6-27(48-21(2)39-31(43-48)42-28(49)22-7-8-22)23-16-38-47(17-23)32(11-12-37)19-46(20-32)25-9-13-45(14-10-25)29(50)26-15-24(18-44(3)4)40-30(41-26)33(34,35)36/h5-6,15-17,22,25H,1,7-11,13-14,18-20H2,2-4H3,(H,42,43,49)/b27-6-. The Morgan fingerprint density at radius 2 is 1.88 bits per heavy atom.